The zero-order valence-corrected chi connectivity index (χ0v) is 22.0. The molecule has 0 aliphatic heterocycles. The Hall–Kier alpha value is -3.73. The van der Waals surface area contributed by atoms with Crippen LogP contribution in [0.3, 0.4) is 0 Å². The van der Waals surface area contributed by atoms with Crippen molar-refractivity contribution in [2.75, 3.05) is 23.7 Å². The summed E-state index contributed by atoms with van der Waals surface area (Å²) in [7, 11) is 0. The summed E-state index contributed by atoms with van der Waals surface area (Å²) in [4.78, 5) is 25.3. The number of pyridine rings is 1. The number of carbonyl (C=O) groups excluding carboxylic acids is 1. The number of hydrogen-bond acceptors (Lipinski definition) is 8. The van der Waals surface area contributed by atoms with E-state index in [4.69, 9.17) is 4.74 Å². The first-order chi connectivity index (χ1) is 17.3. The number of aromatic nitrogens is 5. The van der Waals surface area contributed by atoms with Crippen molar-refractivity contribution < 1.29 is 9.53 Å². The van der Waals surface area contributed by atoms with Gasteiger partial charge in [-0.15, -0.1) is 0 Å². The maximum absolute atomic E-state index is 11.8. The van der Waals surface area contributed by atoms with Crippen molar-refractivity contribution in [1.82, 2.24) is 29.9 Å². The van der Waals surface area contributed by atoms with Gasteiger partial charge in [0.25, 0.3) is 0 Å². The third kappa shape index (κ3) is 6.91. The molecule has 1 aromatic carbocycles. The molecule has 0 radical (unpaired) electrons. The fourth-order valence-corrected chi connectivity index (χ4v) is 3.69. The molecule has 0 aliphatic rings. The van der Waals surface area contributed by atoms with E-state index in [0.29, 0.717) is 43.6 Å². The first kappa shape index (κ1) is 25.4. The summed E-state index contributed by atoms with van der Waals surface area (Å²) >= 11 is 3.50. The highest BCUT2D eigenvalue weighted by molar-refractivity contribution is 9.10. The number of fused-ring (bicyclic) bond motifs is 1. The molecule has 0 saturated carbocycles. The minimum atomic E-state index is -0.519. The fourth-order valence-electron chi connectivity index (χ4n) is 3.35. The summed E-state index contributed by atoms with van der Waals surface area (Å²) < 4.78 is 7.66. The number of nitrogens with zero attached hydrogens (tertiary/aromatic N) is 5. The van der Waals surface area contributed by atoms with Gasteiger partial charge in [-0.05, 0) is 60.8 Å². The quantitative estimate of drug-likeness (QED) is 0.251. The number of nitrogens with one attached hydrogen (secondary N) is 3. The summed E-state index contributed by atoms with van der Waals surface area (Å²) in [6, 6.07) is 14.1. The van der Waals surface area contributed by atoms with Crippen LogP contribution in [0.2, 0.25) is 0 Å². The van der Waals surface area contributed by atoms with Gasteiger partial charge >= 0.3 is 6.09 Å². The van der Waals surface area contributed by atoms with Gasteiger partial charge < -0.3 is 20.7 Å². The molecule has 0 fully saturated rings. The van der Waals surface area contributed by atoms with Crippen molar-refractivity contribution in [3.63, 3.8) is 0 Å². The van der Waals surface area contributed by atoms with Crippen molar-refractivity contribution in [2.24, 2.45) is 0 Å². The fraction of sp³-hybridized carbons (Fsp3) is 0.320. The van der Waals surface area contributed by atoms with Gasteiger partial charge in [0, 0.05) is 31.4 Å². The standard InChI is InChI=1S/C25H29BrN8O2/c1-25(2,3)36-24(35)29-14-6-13-28-22-32-21-19(26)16-31-34(21)23(33-22)30-15-17-8-10-18(11-9-17)20-7-4-5-12-27-20/h4-5,7-12,16H,6,13-15H2,1-3H3,(H,29,35)(H2,28,30,32,33). The van der Waals surface area contributed by atoms with E-state index < -0.39 is 11.7 Å². The second-order valence-corrected chi connectivity index (χ2v) is 9.93. The molecule has 11 heteroatoms. The van der Waals surface area contributed by atoms with E-state index in [-0.39, 0.29) is 0 Å². The van der Waals surface area contributed by atoms with E-state index in [2.05, 4.69) is 76.2 Å². The van der Waals surface area contributed by atoms with Crippen molar-refractivity contribution in [2.45, 2.75) is 39.3 Å². The molecule has 10 nitrogen and oxygen atoms in total. The molecule has 0 bridgehead atoms. The summed E-state index contributed by atoms with van der Waals surface area (Å²) in [5.74, 6) is 1.03. The van der Waals surface area contributed by atoms with Crippen LogP contribution < -0.4 is 16.0 Å². The lowest BCUT2D eigenvalue weighted by atomic mass is 10.1. The Bertz CT molecular complexity index is 1300. The molecular weight excluding hydrogens is 524 g/mol. The lowest BCUT2D eigenvalue weighted by Gasteiger charge is -2.19. The van der Waals surface area contributed by atoms with Crippen LogP contribution in [0.4, 0.5) is 16.7 Å². The largest absolute Gasteiger partial charge is 0.444 e. The van der Waals surface area contributed by atoms with Crippen molar-refractivity contribution in [1.29, 1.82) is 0 Å². The van der Waals surface area contributed by atoms with E-state index in [0.717, 1.165) is 21.3 Å². The smallest absolute Gasteiger partial charge is 0.407 e. The average molecular weight is 553 g/mol. The molecule has 0 atom stereocenters. The Labute approximate surface area is 218 Å². The van der Waals surface area contributed by atoms with E-state index in [9.17, 15) is 4.79 Å². The van der Waals surface area contributed by atoms with Crippen molar-refractivity contribution in [3.8, 4) is 11.3 Å². The highest BCUT2D eigenvalue weighted by Gasteiger charge is 2.15. The minimum absolute atomic E-state index is 0.428. The van der Waals surface area contributed by atoms with Crippen molar-refractivity contribution >= 4 is 39.6 Å². The van der Waals surface area contributed by atoms with Gasteiger partial charge in [-0.1, -0.05) is 30.3 Å². The van der Waals surface area contributed by atoms with Gasteiger partial charge in [0.2, 0.25) is 11.9 Å². The molecule has 3 N–H and O–H groups in total. The summed E-state index contributed by atoms with van der Waals surface area (Å²) in [5.41, 5.74) is 3.22. The maximum atomic E-state index is 11.8. The van der Waals surface area contributed by atoms with Crippen LogP contribution in [0, 0.1) is 0 Å². The molecule has 3 heterocycles. The van der Waals surface area contributed by atoms with Crippen LogP contribution in [0.25, 0.3) is 16.9 Å². The predicted octanol–water partition coefficient (Wildman–Crippen LogP) is 4.89. The molecule has 0 aliphatic carbocycles. The molecule has 3 aromatic heterocycles. The molecular formula is C25H29BrN8O2. The van der Waals surface area contributed by atoms with Gasteiger partial charge in [0.15, 0.2) is 5.65 Å². The van der Waals surface area contributed by atoms with Gasteiger partial charge in [-0.2, -0.15) is 19.6 Å². The molecule has 0 saturated heterocycles. The molecule has 188 valence electrons. The Morgan fingerprint density at radius 1 is 1.06 bits per heavy atom. The van der Waals surface area contributed by atoms with E-state index in [1.807, 2.05) is 39.0 Å². The summed E-state index contributed by atoms with van der Waals surface area (Å²) in [6.07, 6.45) is 3.73. The van der Waals surface area contributed by atoms with Crippen LogP contribution in [-0.4, -0.2) is 49.3 Å². The number of anilines is 2. The maximum Gasteiger partial charge on any atom is 0.407 e. The molecule has 0 spiro atoms. The normalized spacial score (nSPS) is 11.3. The number of halogens is 1. The Balaban J connectivity index is 1.36. The van der Waals surface area contributed by atoms with Crippen molar-refractivity contribution in [3.05, 3.63) is 64.9 Å². The Morgan fingerprint density at radius 2 is 1.86 bits per heavy atom. The number of hydrogen-bond donors (Lipinski definition) is 3. The highest BCUT2D eigenvalue weighted by atomic mass is 79.9. The predicted molar refractivity (Wildman–Crippen MR) is 143 cm³/mol. The molecule has 36 heavy (non-hydrogen) atoms. The van der Waals surface area contributed by atoms with Crippen LogP contribution in [0.5, 0.6) is 0 Å². The highest BCUT2D eigenvalue weighted by Crippen LogP contribution is 2.21. The summed E-state index contributed by atoms with van der Waals surface area (Å²) in [5, 5.41) is 13.7. The Morgan fingerprint density at radius 3 is 2.58 bits per heavy atom. The van der Waals surface area contributed by atoms with E-state index in [1.54, 1.807) is 16.9 Å². The number of rotatable bonds is 9. The number of amides is 1. The summed E-state index contributed by atoms with van der Waals surface area (Å²) in [6.45, 7) is 7.11. The first-order valence-electron chi connectivity index (χ1n) is 11.6. The van der Waals surface area contributed by atoms with Gasteiger partial charge in [0.05, 0.1) is 16.4 Å². The van der Waals surface area contributed by atoms with Gasteiger partial charge in [-0.25, -0.2) is 4.79 Å². The second kappa shape index (κ2) is 11.3. The number of benzene rings is 1. The zero-order valence-electron chi connectivity index (χ0n) is 20.5. The zero-order chi connectivity index (χ0) is 25.5. The van der Waals surface area contributed by atoms with E-state index >= 15 is 0 Å². The molecule has 0 unspecified atom stereocenters. The molecule has 4 aromatic rings. The number of ether oxygens (including phenoxy) is 1. The molecule has 4 rings (SSSR count). The third-order valence-electron chi connectivity index (χ3n) is 5.00. The average Bonchev–Trinajstić information content (AvgIpc) is 3.23. The minimum Gasteiger partial charge on any atom is -0.444 e. The van der Waals surface area contributed by atoms with Gasteiger partial charge in [0.1, 0.15) is 5.60 Å². The Kier molecular flexibility index (Phi) is 7.99. The third-order valence-corrected chi connectivity index (χ3v) is 5.55. The molecule has 1 amide bonds. The van der Waals surface area contributed by atoms with Crippen LogP contribution in [-0.2, 0) is 11.3 Å². The lowest BCUT2D eigenvalue weighted by molar-refractivity contribution is 0.0528. The number of carbonyl (C=O) groups is 1. The van der Waals surface area contributed by atoms with Crippen LogP contribution in [0.15, 0.2) is 59.3 Å². The van der Waals surface area contributed by atoms with Gasteiger partial charge in [-0.3, -0.25) is 4.98 Å². The SMILES string of the molecule is CC(C)(C)OC(=O)NCCCNc1nc(NCc2ccc(-c3ccccn3)cc2)n2ncc(Br)c2n1. The first-order valence-corrected chi connectivity index (χ1v) is 12.4. The topological polar surface area (TPSA) is 118 Å². The van der Waals surface area contributed by atoms with Crippen LogP contribution >= 0.6 is 15.9 Å². The van der Waals surface area contributed by atoms with E-state index in [1.165, 1.54) is 0 Å². The monoisotopic (exact) mass is 552 g/mol. The number of alkyl carbamates (subject to hydrolysis) is 1. The van der Waals surface area contributed by atoms with Crippen LogP contribution in [0.1, 0.15) is 32.8 Å². The second-order valence-electron chi connectivity index (χ2n) is 9.07. The lowest BCUT2D eigenvalue weighted by Crippen LogP contribution is -2.33.